The molecule has 0 aliphatic rings. The van der Waals surface area contributed by atoms with Gasteiger partial charge in [0, 0.05) is 22.6 Å². The number of carbonyl (C=O) groups excluding carboxylic acids is 1. The zero-order valence-electron chi connectivity index (χ0n) is 9.98. The normalized spacial score (nSPS) is 10.1. The highest BCUT2D eigenvalue weighted by Crippen LogP contribution is 2.19. The van der Waals surface area contributed by atoms with Crippen molar-refractivity contribution in [1.29, 1.82) is 0 Å². The number of aryl methyl sites for hydroxylation is 1. The molecule has 18 heavy (non-hydrogen) atoms. The van der Waals surface area contributed by atoms with E-state index in [0.717, 1.165) is 21.3 Å². The predicted octanol–water partition coefficient (Wildman–Crippen LogP) is 3.33. The average Bonchev–Trinajstić information content (AvgIpc) is 2.28. The number of aromatic nitrogens is 1. The van der Waals surface area contributed by atoms with Crippen LogP contribution in [-0.4, -0.2) is 10.9 Å². The molecule has 2 rings (SSSR count). The molecule has 3 nitrogen and oxygen atoms in total. The molecule has 0 bridgehead atoms. The maximum Gasteiger partial charge on any atom is 0.228 e. The third-order valence-electron chi connectivity index (χ3n) is 2.41. The van der Waals surface area contributed by atoms with Crippen molar-refractivity contribution in [2.45, 2.75) is 13.3 Å². The number of pyridine rings is 1. The van der Waals surface area contributed by atoms with Crippen molar-refractivity contribution in [1.82, 2.24) is 4.98 Å². The first kappa shape index (κ1) is 12.8. The summed E-state index contributed by atoms with van der Waals surface area (Å²) in [5.41, 5.74) is 2.80. The Morgan fingerprint density at radius 1 is 1.39 bits per heavy atom. The summed E-state index contributed by atoms with van der Waals surface area (Å²) in [6.45, 7) is 1.99. The minimum absolute atomic E-state index is 0.0412. The Labute approximate surface area is 114 Å². The van der Waals surface area contributed by atoms with Crippen LogP contribution in [-0.2, 0) is 11.2 Å². The van der Waals surface area contributed by atoms with Gasteiger partial charge in [-0.1, -0.05) is 22.0 Å². The van der Waals surface area contributed by atoms with Gasteiger partial charge >= 0.3 is 0 Å². The summed E-state index contributed by atoms with van der Waals surface area (Å²) in [6, 6.07) is 9.53. The van der Waals surface area contributed by atoms with Crippen LogP contribution in [0.25, 0.3) is 0 Å². The quantitative estimate of drug-likeness (QED) is 0.945. The molecule has 1 amide bonds. The molecule has 0 saturated carbocycles. The average molecular weight is 305 g/mol. The van der Waals surface area contributed by atoms with Gasteiger partial charge in [0.1, 0.15) is 0 Å². The fraction of sp³-hybridized carbons (Fsp3) is 0.143. The van der Waals surface area contributed by atoms with Crippen LogP contribution in [0.3, 0.4) is 0 Å². The molecule has 1 heterocycles. The van der Waals surface area contributed by atoms with E-state index in [2.05, 4.69) is 26.2 Å². The molecule has 2 aromatic rings. The van der Waals surface area contributed by atoms with Gasteiger partial charge in [-0.2, -0.15) is 0 Å². The molecule has 1 N–H and O–H groups in total. The van der Waals surface area contributed by atoms with E-state index in [1.807, 2.05) is 37.3 Å². The van der Waals surface area contributed by atoms with E-state index in [1.165, 1.54) is 0 Å². The number of nitrogens with zero attached hydrogens (tertiary/aromatic N) is 1. The highest BCUT2D eigenvalue weighted by Gasteiger charge is 2.05. The molecule has 0 fully saturated rings. The van der Waals surface area contributed by atoms with Crippen molar-refractivity contribution >= 4 is 27.5 Å². The van der Waals surface area contributed by atoms with Gasteiger partial charge in [-0.25, -0.2) is 0 Å². The fourth-order valence-corrected chi connectivity index (χ4v) is 2.31. The molecular weight excluding hydrogens is 292 g/mol. The summed E-state index contributed by atoms with van der Waals surface area (Å²) >= 11 is 3.41. The van der Waals surface area contributed by atoms with Crippen molar-refractivity contribution in [2.24, 2.45) is 0 Å². The zero-order chi connectivity index (χ0) is 13.0. The summed E-state index contributed by atoms with van der Waals surface area (Å²) in [5, 5.41) is 2.88. The van der Waals surface area contributed by atoms with Crippen LogP contribution in [0.2, 0.25) is 0 Å². The van der Waals surface area contributed by atoms with Crippen LogP contribution in [0.1, 0.15) is 11.1 Å². The van der Waals surface area contributed by atoms with E-state index < -0.39 is 0 Å². The van der Waals surface area contributed by atoms with Gasteiger partial charge in [0.15, 0.2) is 0 Å². The lowest BCUT2D eigenvalue weighted by molar-refractivity contribution is -0.115. The molecule has 1 aromatic heterocycles. The number of hydrogen-bond acceptors (Lipinski definition) is 2. The van der Waals surface area contributed by atoms with Gasteiger partial charge in [0.2, 0.25) is 5.91 Å². The van der Waals surface area contributed by atoms with Crippen LogP contribution in [0.4, 0.5) is 5.69 Å². The second-order valence-corrected chi connectivity index (χ2v) is 5.02. The molecule has 0 unspecified atom stereocenters. The van der Waals surface area contributed by atoms with E-state index in [-0.39, 0.29) is 5.91 Å². The summed E-state index contributed by atoms with van der Waals surface area (Å²) in [5.74, 6) is -0.0412. The maximum atomic E-state index is 11.9. The highest BCUT2D eigenvalue weighted by molar-refractivity contribution is 9.10. The lowest BCUT2D eigenvalue weighted by atomic mass is 10.2. The molecule has 0 atom stereocenters. The number of rotatable bonds is 3. The minimum atomic E-state index is -0.0412. The third kappa shape index (κ3) is 3.67. The lowest BCUT2D eigenvalue weighted by Gasteiger charge is -2.07. The number of anilines is 1. The third-order valence-corrected chi connectivity index (χ3v) is 2.87. The van der Waals surface area contributed by atoms with Crippen LogP contribution in [0.15, 0.2) is 47.2 Å². The highest BCUT2D eigenvalue weighted by atomic mass is 79.9. The van der Waals surface area contributed by atoms with Crippen LogP contribution >= 0.6 is 15.9 Å². The number of amides is 1. The number of hydrogen-bond donors (Lipinski definition) is 1. The lowest BCUT2D eigenvalue weighted by Crippen LogP contribution is -2.14. The molecule has 1 aromatic carbocycles. The summed E-state index contributed by atoms with van der Waals surface area (Å²) in [4.78, 5) is 15.8. The van der Waals surface area contributed by atoms with Crippen LogP contribution in [0.5, 0.6) is 0 Å². The fourth-order valence-electron chi connectivity index (χ4n) is 1.70. The number of benzene rings is 1. The molecule has 4 heteroatoms. The summed E-state index contributed by atoms with van der Waals surface area (Å²) in [7, 11) is 0. The van der Waals surface area contributed by atoms with Crippen molar-refractivity contribution in [2.75, 3.05) is 5.32 Å². The topological polar surface area (TPSA) is 42.0 Å². The van der Waals surface area contributed by atoms with Crippen molar-refractivity contribution in [3.8, 4) is 0 Å². The van der Waals surface area contributed by atoms with Gasteiger partial charge in [0.25, 0.3) is 0 Å². The van der Waals surface area contributed by atoms with Gasteiger partial charge in [0.05, 0.1) is 6.42 Å². The molecule has 0 radical (unpaired) electrons. The molecule has 0 aliphatic heterocycles. The molecule has 0 spiro atoms. The molecular formula is C14H13BrN2O. The smallest absolute Gasteiger partial charge is 0.228 e. The largest absolute Gasteiger partial charge is 0.326 e. The summed E-state index contributed by atoms with van der Waals surface area (Å²) in [6.07, 6.45) is 3.73. The Hall–Kier alpha value is -1.68. The minimum Gasteiger partial charge on any atom is -0.326 e. The van der Waals surface area contributed by atoms with Crippen LogP contribution < -0.4 is 5.32 Å². The van der Waals surface area contributed by atoms with E-state index >= 15 is 0 Å². The second-order valence-electron chi connectivity index (χ2n) is 4.10. The van der Waals surface area contributed by atoms with E-state index in [1.54, 1.807) is 12.4 Å². The second kappa shape index (κ2) is 5.78. The first-order chi connectivity index (χ1) is 8.63. The first-order valence-electron chi connectivity index (χ1n) is 5.59. The van der Waals surface area contributed by atoms with E-state index in [4.69, 9.17) is 0 Å². The predicted molar refractivity (Wildman–Crippen MR) is 75.4 cm³/mol. The van der Waals surface area contributed by atoms with Crippen molar-refractivity contribution < 1.29 is 4.79 Å². The SMILES string of the molecule is Cc1cc(Br)cc(NC(=O)Cc2cccnc2)c1. The first-order valence-corrected chi connectivity index (χ1v) is 6.39. The zero-order valence-corrected chi connectivity index (χ0v) is 11.6. The van der Waals surface area contributed by atoms with Gasteiger partial charge in [-0.15, -0.1) is 0 Å². The summed E-state index contributed by atoms with van der Waals surface area (Å²) < 4.78 is 0.958. The van der Waals surface area contributed by atoms with E-state index in [0.29, 0.717) is 6.42 Å². The maximum absolute atomic E-state index is 11.9. The Bertz CT molecular complexity index is 535. The monoisotopic (exact) mass is 304 g/mol. The van der Waals surface area contributed by atoms with Crippen molar-refractivity contribution in [3.05, 3.63) is 58.3 Å². The van der Waals surface area contributed by atoms with Gasteiger partial charge in [-0.3, -0.25) is 9.78 Å². The van der Waals surface area contributed by atoms with Crippen molar-refractivity contribution in [3.63, 3.8) is 0 Å². The van der Waals surface area contributed by atoms with Gasteiger partial charge in [-0.05, 0) is 42.3 Å². The Morgan fingerprint density at radius 2 is 2.22 bits per heavy atom. The number of halogens is 1. The standard InChI is InChI=1S/C14H13BrN2O/c1-10-5-12(15)8-13(6-10)17-14(18)7-11-3-2-4-16-9-11/h2-6,8-9H,7H2,1H3,(H,17,18). The van der Waals surface area contributed by atoms with Crippen LogP contribution in [0, 0.1) is 6.92 Å². The molecule has 92 valence electrons. The molecule has 0 saturated heterocycles. The number of carbonyl (C=O) groups is 1. The number of nitrogens with one attached hydrogen (secondary N) is 1. The Kier molecular flexibility index (Phi) is 4.10. The van der Waals surface area contributed by atoms with E-state index in [9.17, 15) is 4.79 Å². The molecule has 0 aliphatic carbocycles. The Balaban J connectivity index is 2.03. The van der Waals surface area contributed by atoms with Gasteiger partial charge < -0.3 is 5.32 Å². The Morgan fingerprint density at radius 3 is 2.89 bits per heavy atom.